The van der Waals surface area contributed by atoms with Crippen molar-refractivity contribution >= 4 is 0 Å². The Morgan fingerprint density at radius 1 is 0.400 bits per heavy atom. The number of hydrogen-bond acceptors (Lipinski definition) is 0. The highest BCUT2D eigenvalue weighted by molar-refractivity contribution is 5.36. The lowest BCUT2D eigenvalue weighted by Gasteiger charge is -2.15. The highest BCUT2D eigenvalue weighted by Gasteiger charge is 2.09. The van der Waals surface area contributed by atoms with Crippen LogP contribution in [0.25, 0.3) is 0 Å². The van der Waals surface area contributed by atoms with Crippen molar-refractivity contribution in [2.75, 3.05) is 0 Å². The van der Waals surface area contributed by atoms with Crippen LogP contribution in [0.1, 0.15) is 112 Å². The van der Waals surface area contributed by atoms with E-state index in [0.29, 0.717) is 0 Å². The Morgan fingerprint density at radius 3 is 1.13 bits per heavy atom. The van der Waals surface area contributed by atoms with E-state index >= 15 is 0 Å². The monoisotopic (exact) mass is 406 g/mol. The molecular formula is C30H46. The first-order valence-corrected chi connectivity index (χ1v) is 12.9. The van der Waals surface area contributed by atoms with Gasteiger partial charge in [0.25, 0.3) is 0 Å². The van der Waals surface area contributed by atoms with E-state index in [1.165, 1.54) is 101 Å². The maximum atomic E-state index is 2.52. The Hall–Kier alpha value is -1.56. The summed E-state index contributed by atoms with van der Waals surface area (Å²) in [4.78, 5) is 0. The summed E-state index contributed by atoms with van der Waals surface area (Å²) >= 11 is 0. The molecule has 0 bridgehead atoms. The van der Waals surface area contributed by atoms with Crippen molar-refractivity contribution in [3.8, 4) is 0 Å². The van der Waals surface area contributed by atoms with Gasteiger partial charge in [0, 0.05) is 0 Å². The standard InChI is InChI=1S/C30H46/c1-5-9-13-25-17-19-27(29(23-25)15-11-7-3)21-22-28-20-18-26(14-10-6-2)24-30(28)16-12-8-4/h17-20,23-24H,5-16,21-22H2,1-4H3. The molecular weight excluding hydrogens is 360 g/mol. The molecule has 0 saturated heterocycles. The van der Waals surface area contributed by atoms with Crippen molar-refractivity contribution in [1.82, 2.24) is 0 Å². The summed E-state index contributed by atoms with van der Waals surface area (Å²) in [7, 11) is 0. The molecule has 0 aromatic heterocycles. The average Bonchev–Trinajstić information content (AvgIpc) is 2.78. The maximum Gasteiger partial charge on any atom is -0.0235 e. The quantitative estimate of drug-likeness (QED) is 0.277. The first-order valence-electron chi connectivity index (χ1n) is 12.9. The maximum absolute atomic E-state index is 2.52. The lowest BCUT2D eigenvalue weighted by molar-refractivity contribution is 0.762. The van der Waals surface area contributed by atoms with Crippen LogP contribution in [0, 0.1) is 0 Å². The predicted molar refractivity (Wildman–Crippen MR) is 135 cm³/mol. The fourth-order valence-electron chi connectivity index (χ4n) is 4.39. The van der Waals surface area contributed by atoms with E-state index in [1.807, 2.05) is 0 Å². The van der Waals surface area contributed by atoms with Crippen molar-refractivity contribution in [3.05, 3.63) is 69.8 Å². The van der Waals surface area contributed by atoms with Gasteiger partial charge in [-0.25, -0.2) is 0 Å². The fraction of sp³-hybridized carbons (Fsp3) is 0.600. The van der Waals surface area contributed by atoms with Crippen LogP contribution in [0.4, 0.5) is 0 Å². The molecule has 30 heavy (non-hydrogen) atoms. The van der Waals surface area contributed by atoms with E-state index in [9.17, 15) is 0 Å². The second kappa shape index (κ2) is 14.4. The summed E-state index contributed by atoms with van der Waals surface area (Å²) in [5.41, 5.74) is 9.46. The largest absolute Gasteiger partial charge is 0.0654 e. The molecule has 0 fully saturated rings. The first kappa shape index (κ1) is 24.7. The second-order valence-corrected chi connectivity index (χ2v) is 9.12. The van der Waals surface area contributed by atoms with Gasteiger partial charge in [-0.2, -0.15) is 0 Å². The van der Waals surface area contributed by atoms with Crippen molar-refractivity contribution in [2.24, 2.45) is 0 Å². The summed E-state index contributed by atoms with van der Waals surface area (Å²) in [5, 5.41) is 0. The van der Waals surface area contributed by atoms with Gasteiger partial charge in [0.1, 0.15) is 0 Å². The molecule has 0 spiro atoms. The highest BCUT2D eigenvalue weighted by Crippen LogP contribution is 2.22. The molecule has 2 rings (SSSR count). The zero-order chi connectivity index (χ0) is 21.6. The van der Waals surface area contributed by atoms with Crippen LogP contribution in [-0.4, -0.2) is 0 Å². The number of unbranched alkanes of at least 4 members (excludes halogenated alkanes) is 4. The summed E-state index contributed by atoms with van der Waals surface area (Å²) in [6, 6.07) is 14.7. The Bertz CT molecular complexity index is 661. The van der Waals surface area contributed by atoms with E-state index in [0.717, 1.165) is 0 Å². The van der Waals surface area contributed by atoms with Crippen LogP contribution in [0.5, 0.6) is 0 Å². The smallest absolute Gasteiger partial charge is 0.0235 e. The molecule has 0 unspecified atom stereocenters. The summed E-state index contributed by atoms with van der Waals surface area (Å²) in [6.07, 6.45) is 17.6. The van der Waals surface area contributed by atoms with Crippen LogP contribution >= 0.6 is 0 Å². The SMILES string of the molecule is CCCCc1ccc(CCc2ccc(CCCC)cc2CCCC)c(CCCC)c1. The number of rotatable bonds is 15. The molecule has 0 atom stereocenters. The molecule has 2 aromatic rings. The van der Waals surface area contributed by atoms with E-state index < -0.39 is 0 Å². The van der Waals surface area contributed by atoms with E-state index in [-0.39, 0.29) is 0 Å². The number of hydrogen-bond donors (Lipinski definition) is 0. The third-order valence-corrected chi connectivity index (χ3v) is 6.44. The summed E-state index contributed by atoms with van der Waals surface area (Å²) in [5.74, 6) is 0. The topological polar surface area (TPSA) is 0 Å². The Morgan fingerprint density at radius 2 is 0.767 bits per heavy atom. The van der Waals surface area contributed by atoms with Crippen molar-refractivity contribution in [2.45, 2.75) is 118 Å². The normalized spacial score (nSPS) is 11.2. The Labute approximate surface area is 187 Å². The molecule has 0 aliphatic carbocycles. The lowest BCUT2D eigenvalue weighted by Crippen LogP contribution is -2.03. The van der Waals surface area contributed by atoms with Gasteiger partial charge in [-0.1, -0.05) is 89.8 Å². The third-order valence-electron chi connectivity index (χ3n) is 6.44. The zero-order valence-corrected chi connectivity index (χ0v) is 20.4. The molecule has 0 aliphatic rings. The molecule has 0 saturated carbocycles. The van der Waals surface area contributed by atoms with Gasteiger partial charge in [0.2, 0.25) is 0 Å². The third kappa shape index (κ3) is 8.29. The number of benzene rings is 2. The molecule has 0 heteroatoms. The second-order valence-electron chi connectivity index (χ2n) is 9.12. The van der Waals surface area contributed by atoms with Gasteiger partial charge >= 0.3 is 0 Å². The van der Waals surface area contributed by atoms with Crippen LogP contribution in [-0.2, 0) is 38.5 Å². The van der Waals surface area contributed by atoms with Gasteiger partial charge in [0.05, 0.1) is 0 Å². The van der Waals surface area contributed by atoms with Gasteiger partial charge in [-0.15, -0.1) is 0 Å². The van der Waals surface area contributed by atoms with Crippen molar-refractivity contribution < 1.29 is 0 Å². The minimum atomic E-state index is 1.18. The van der Waals surface area contributed by atoms with Gasteiger partial charge in [0.15, 0.2) is 0 Å². The van der Waals surface area contributed by atoms with E-state index in [4.69, 9.17) is 0 Å². The zero-order valence-electron chi connectivity index (χ0n) is 20.4. The fourth-order valence-corrected chi connectivity index (χ4v) is 4.39. The highest BCUT2D eigenvalue weighted by atomic mass is 14.1. The Kier molecular flexibility index (Phi) is 11.9. The van der Waals surface area contributed by atoms with Gasteiger partial charge < -0.3 is 0 Å². The predicted octanol–water partition coefficient (Wildman–Crippen LogP) is 8.84. The first-order chi connectivity index (χ1) is 14.7. The number of aryl methyl sites for hydroxylation is 6. The molecule has 0 N–H and O–H groups in total. The van der Waals surface area contributed by atoms with E-state index in [2.05, 4.69) is 64.1 Å². The molecule has 0 amide bonds. The van der Waals surface area contributed by atoms with Crippen LogP contribution in [0.15, 0.2) is 36.4 Å². The van der Waals surface area contributed by atoms with Gasteiger partial charge in [-0.3, -0.25) is 0 Å². The van der Waals surface area contributed by atoms with Crippen LogP contribution in [0.3, 0.4) is 0 Å². The minimum absolute atomic E-state index is 1.18. The molecule has 0 aliphatic heterocycles. The van der Waals surface area contributed by atoms with E-state index in [1.54, 1.807) is 22.3 Å². The molecule has 0 radical (unpaired) electrons. The van der Waals surface area contributed by atoms with Crippen LogP contribution < -0.4 is 0 Å². The molecule has 2 aromatic carbocycles. The minimum Gasteiger partial charge on any atom is -0.0654 e. The van der Waals surface area contributed by atoms with Crippen molar-refractivity contribution in [1.29, 1.82) is 0 Å². The molecule has 166 valence electrons. The van der Waals surface area contributed by atoms with Crippen LogP contribution in [0.2, 0.25) is 0 Å². The van der Waals surface area contributed by atoms with Gasteiger partial charge in [-0.05, 0) is 97.6 Å². The lowest BCUT2D eigenvalue weighted by atomic mass is 9.90. The Balaban J connectivity index is 2.15. The summed E-state index contributed by atoms with van der Waals surface area (Å²) in [6.45, 7) is 9.19. The summed E-state index contributed by atoms with van der Waals surface area (Å²) < 4.78 is 0. The average molecular weight is 407 g/mol. The van der Waals surface area contributed by atoms with Crippen molar-refractivity contribution in [3.63, 3.8) is 0 Å². The molecule has 0 nitrogen and oxygen atoms in total. The molecule has 0 heterocycles.